The topological polar surface area (TPSA) is 77.5 Å². The Morgan fingerprint density at radius 3 is 2.70 bits per heavy atom. The van der Waals surface area contributed by atoms with E-state index in [0.717, 1.165) is 15.8 Å². The van der Waals surface area contributed by atoms with Crippen molar-refractivity contribution in [3.8, 4) is 0 Å². The van der Waals surface area contributed by atoms with Crippen LogP contribution < -0.4 is 5.32 Å². The second-order valence-corrected chi connectivity index (χ2v) is 6.93. The van der Waals surface area contributed by atoms with Crippen LogP contribution >= 0.6 is 11.3 Å². The molecule has 0 unspecified atom stereocenters. The number of hydrogen-bond donors (Lipinski definition) is 1. The number of aromatic nitrogens is 1. The van der Waals surface area contributed by atoms with Crippen LogP contribution in [0.3, 0.4) is 0 Å². The van der Waals surface area contributed by atoms with E-state index < -0.39 is 17.7 Å². The van der Waals surface area contributed by atoms with Gasteiger partial charge in [-0.3, -0.25) is 0 Å². The lowest BCUT2D eigenvalue weighted by Crippen LogP contribution is -2.32. The quantitative estimate of drug-likeness (QED) is 0.865. The summed E-state index contributed by atoms with van der Waals surface area (Å²) in [7, 11) is 0. The number of nitrogens with one attached hydrogen (secondary N) is 1. The SMILES string of the molecule is CCOC(=O)c1nc2ccc(CNC(=O)OC(C)(C)C)cc2s1. The molecule has 1 heterocycles. The molecule has 0 aliphatic carbocycles. The number of nitrogens with zero attached hydrogens (tertiary/aromatic N) is 1. The lowest BCUT2D eigenvalue weighted by molar-refractivity contribution is 0.0514. The maximum Gasteiger partial charge on any atom is 0.407 e. The molecule has 0 atom stereocenters. The first-order valence-electron chi connectivity index (χ1n) is 7.32. The average molecular weight is 336 g/mol. The van der Waals surface area contributed by atoms with E-state index in [0.29, 0.717) is 18.2 Å². The van der Waals surface area contributed by atoms with Gasteiger partial charge < -0.3 is 14.8 Å². The van der Waals surface area contributed by atoms with Crippen molar-refractivity contribution in [1.29, 1.82) is 0 Å². The van der Waals surface area contributed by atoms with Crippen molar-refractivity contribution in [2.45, 2.75) is 39.8 Å². The molecule has 23 heavy (non-hydrogen) atoms. The Morgan fingerprint density at radius 1 is 1.30 bits per heavy atom. The summed E-state index contributed by atoms with van der Waals surface area (Å²) in [6.45, 7) is 7.86. The molecule has 0 saturated carbocycles. The van der Waals surface area contributed by atoms with E-state index in [9.17, 15) is 9.59 Å². The first-order valence-corrected chi connectivity index (χ1v) is 8.13. The molecular formula is C16H20N2O4S. The van der Waals surface area contributed by atoms with Crippen molar-refractivity contribution < 1.29 is 19.1 Å². The summed E-state index contributed by atoms with van der Waals surface area (Å²) in [6.07, 6.45) is -0.464. The minimum atomic E-state index is -0.528. The van der Waals surface area contributed by atoms with Crippen molar-refractivity contribution in [2.75, 3.05) is 6.61 Å². The predicted molar refractivity (Wildman–Crippen MR) is 88.7 cm³/mol. The Balaban J connectivity index is 2.05. The molecular weight excluding hydrogens is 316 g/mol. The number of ether oxygens (including phenoxy) is 2. The Bertz CT molecular complexity index is 718. The Labute approximate surface area is 138 Å². The fourth-order valence-electron chi connectivity index (χ4n) is 1.85. The predicted octanol–water partition coefficient (Wildman–Crippen LogP) is 3.50. The van der Waals surface area contributed by atoms with Crippen LogP contribution in [0.15, 0.2) is 18.2 Å². The number of amides is 1. The van der Waals surface area contributed by atoms with Crippen molar-refractivity contribution in [3.05, 3.63) is 28.8 Å². The molecule has 7 heteroatoms. The van der Waals surface area contributed by atoms with Crippen LogP contribution in [0.25, 0.3) is 10.2 Å². The molecule has 2 rings (SSSR count). The summed E-state index contributed by atoms with van der Waals surface area (Å²) < 4.78 is 11.0. The maximum atomic E-state index is 11.7. The lowest BCUT2D eigenvalue weighted by atomic mass is 10.2. The van der Waals surface area contributed by atoms with Gasteiger partial charge in [0.25, 0.3) is 0 Å². The minimum absolute atomic E-state index is 0.319. The number of carbonyl (C=O) groups is 2. The van der Waals surface area contributed by atoms with Gasteiger partial charge in [-0.1, -0.05) is 6.07 Å². The van der Waals surface area contributed by atoms with Crippen LogP contribution in [-0.2, 0) is 16.0 Å². The van der Waals surface area contributed by atoms with Gasteiger partial charge in [-0.2, -0.15) is 0 Å². The monoisotopic (exact) mass is 336 g/mol. The molecule has 0 radical (unpaired) electrons. The van der Waals surface area contributed by atoms with Crippen LogP contribution in [0.1, 0.15) is 43.1 Å². The summed E-state index contributed by atoms with van der Waals surface area (Å²) in [5.41, 5.74) is 1.11. The second-order valence-electron chi connectivity index (χ2n) is 5.90. The van der Waals surface area contributed by atoms with E-state index in [1.54, 1.807) is 6.92 Å². The fraction of sp³-hybridized carbons (Fsp3) is 0.438. The standard InChI is InChI=1S/C16H20N2O4S/c1-5-21-14(19)13-18-11-7-6-10(8-12(11)23-13)9-17-15(20)22-16(2,3)4/h6-8H,5,9H2,1-4H3,(H,17,20). The molecule has 1 amide bonds. The van der Waals surface area contributed by atoms with Crippen molar-refractivity contribution in [3.63, 3.8) is 0 Å². The average Bonchev–Trinajstić information content (AvgIpc) is 2.86. The molecule has 1 N–H and O–H groups in total. The number of carbonyl (C=O) groups excluding carboxylic acids is 2. The van der Waals surface area contributed by atoms with Gasteiger partial charge in [0.2, 0.25) is 5.01 Å². The molecule has 2 aromatic rings. The van der Waals surface area contributed by atoms with Crippen LogP contribution in [0.2, 0.25) is 0 Å². The molecule has 6 nitrogen and oxygen atoms in total. The molecule has 124 valence electrons. The van der Waals surface area contributed by atoms with E-state index in [2.05, 4.69) is 10.3 Å². The molecule has 0 aliphatic rings. The van der Waals surface area contributed by atoms with Gasteiger partial charge in [0.15, 0.2) is 0 Å². The van der Waals surface area contributed by atoms with Crippen molar-refractivity contribution >= 4 is 33.6 Å². The number of alkyl carbamates (subject to hydrolysis) is 1. The number of thiazole rings is 1. The molecule has 0 aliphatic heterocycles. The number of esters is 1. The normalized spacial score (nSPS) is 11.3. The van der Waals surface area contributed by atoms with Gasteiger partial charge in [-0.05, 0) is 45.4 Å². The summed E-state index contributed by atoms with van der Waals surface area (Å²) in [5.74, 6) is -0.415. The third-order valence-corrected chi connectivity index (χ3v) is 3.74. The van der Waals surface area contributed by atoms with Crippen molar-refractivity contribution in [1.82, 2.24) is 10.3 Å². The highest BCUT2D eigenvalue weighted by atomic mass is 32.1. The zero-order chi connectivity index (χ0) is 17.0. The minimum Gasteiger partial charge on any atom is -0.461 e. The zero-order valence-electron chi connectivity index (χ0n) is 13.6. The Hall–Kier alpha value is -2.15. The number of benzene rings is 1. The number of fused-ring (bicyclic) bond motifs is 1. The Morgan fingerprint density at radius 2 is 2.04 bits per heavy atom. The molecule has 0 fully saturated rings. The van der Waals surface area contributed by atoms with Gasteiger partial charge in [0.1, 0.15) is 5.60 Å². The van der Waals surface area contributed by atoms with E-state index in [1.807, 2.05) is 39.0 Å². The highest BCUT2D eigenvalue weighted by molar-refractivity contribution is 7.20. The van der Waals surface area contributed by atoms with Crippen LogP contribution in [0.4, 0.5) is 4.79 Å². The van der Waals surface area contributed by atoms with Crippen LogP contribution in [0, 0.1) is 0 Å². The lowest BCUT2D eigenvalue weighted by Gasteiger charge is -2.19. The molecule has 0 bridgehead atoms. The molecule has 0 spiro atoms. The van der Waals surface area contributed by atoms with Gasteiger partial charge in [-0.25, -0.2) is 14.6 Å². The molecule has 1 aromatic heterocycles. The first kappa shape index (κ1) is 17.2. The Kier molecular flexibility index (Phi) is 5.20. The smallest absolute Gasteiger partial charge is 0.407 e. The third kappa shape index (κ3) is 4.92. The highest BCUT2D eigenvalue weighted by Gasteiger charge is 2.16. The van der Waals surface area contributed by atoms with Crippen molar-refractivity contribution in [2.24, 2.45) is 0 Å². The maximum absolute atomic E-state index is 11.7. The molecule has 1 aromatic carbocycles. The van der Waals surface area contributed by atoms with E-state index in [4.69, 9.17) is 9.47 Å². The van der Waals surface area contributed by atoms with E-state index in [-0.39, 0.29) is 0 Å². The van der Waals surface area contributed by atoms with Crippen LogP contribution in [-0.4, -0.2) is 29.3 Å². The van der Waals surface area contributed by atoms with E-state index in [1.165, 1.54) is 11.3 Å². The number of rotatable bonds is 4. The second kappa shape index (κ2) is 6.95. The fourth-order valence-corrected chi connectivity index (χ4v) is 2.77. The van der Waals surface area contributed by atoms with Gasteiger partial charge in [-0.15, -0.1) is 11.3 Å². The van der Waals surface area contributed by atoms with Gasteiger partial charge in [0.05, 0.1) is 16.8 Å². The zero-order valence-corrected chi connectivity index (χ0v) is 14.5. The first-order chi connectivity index (χ1) is 10.8. The molecule has 0 saturated heterocycles. The summed E-state index contributed by atoms with van der Waals surface area (Å²) in [4.78, 5) is 27.6. The summed E-state index contributed by atoms with van der Waals surface area (Å²) in [5, 5.41) is 3.03. The van der Waals surface area contributed by atoms with Gasteiger partial charge in [0, 0.05) is 6.54 Å². The number of hydrogen-bond acceptors (Lipinski definition) is 6. The third-order valence-electron chi connectivity index (χ3n) is 2.74. The highest BCUT2D eigenvalue weighted by Crippen LogP contribution is 2.24. The summed E-state index contributed by atoms with van der Waals surface area (Å²) >= 11 is 1.27. The van der Waals surface area contributed by atoms with Crippen LogP contribution in [0.5, 0.6) is 0 Å². The van der Waals surface area contributed by atoms with Gasteiger partial charge >= 0.3 is 12.1 Å². The largest absolute Gasteiger partial charge is 0.461 e. The van der Waals surface area contributed by atoms with E-state index >= 15 is 0 Å². The summed E-state index contributed by atoms with van der Waals surface area (Å²) in [6, 6.07) is 5.57.